The molecule has 0 unspecified atom stereocenters. The van der Waals surface area contributed by atoms with Gasteiger partial charge in [-0.2, -0.15) is 0 Å². The first-order chi connectivity index (χ1) is 6.00. The molecule has 0 radical (unpaired) electrons. The van der Waals surface area contributed by atoms with E-state index in [9.17, 15) is 4.79 Å². The van der Waals surface area contributed by atoms with E-state index in [2.05, 4.69) is 11.9 Å². The predicted octanol–water partition coefficient (Wildman–Crippen LogP) is 2.04. The molecule has 0 aliphatic rings. The molecule has 0 saturated carbocycles. The number of carboxylic acids is 1. The van der Waals surface area contributed by atoms with Crippen LogP contribution in [0.15, 0.2) is 12.2 Å². The Hall–Kier alpha value is -0.830. The molecule has 0 aliphatic heterocycles. The zero-order valence-electron chi connectivity index (χ0n) is 8.89. The van der Waals surface area contributed by atoms with Crippen LogP contribution < -0.4 is 5.32 Å². The fourth-order valence-electron chi connectivity index (χ4n) is 0.578. The number of hydrogen-bond acceptors (Lipinski definition) is 2. The summed E-state index contributed by atoms with van der Waals surface area (Å²) < 4.78 is 0. The maximum atomic E-state index is 9.94. The molecular formula is C10H21NO2. The molecule has 0 amide bonds. The summed E-state index contributed by atoms with van der Waals surface area (Å²) in [5.41, 5.74) is 1.17. The van der Waals surface area contributed by atoms with Crippen molar-refractivity contribution < 1.29 is 9.90 Å². The Kier molecular flexibility index (Phi) is 12.6. The summed E-state index contributed by atoms with van der Waals surface area (Å²) in [6.07, 6.45) is 2.01. The van der Waals surface area contributed by atoms with E-state index in [4.69, 9.17) is 5.11 Å². The smallest absolute Gasteiger partial charge is 0.303 e. The van der Waals surface area contributed by atoms with Crippen molar-refractivity contribution in [1.82, 2.24) is 5.32 Å². The summed E-state index contributed by atoms with van der Waals surface area (Å²) in [4.78, 5) is 9.94. The summed E-state index contributed by atoms with van der Waals surface area (Å²) in [5, 5.41) is 11.1. The van der Waals surface area contributed by atoms with Crippen LogP contribution in [-0.4, -0.2) is 24.7 Å². The topological polar surface area (TPSA) is 49.3 Å². The van der Waals surface area contributed by atoms with Crippen molar-refractivity contribution in [3.63, 3.8) is 0 Å². The van der Waals surface area contributed by atoms with Crippen molar-refractivity contribution in [1.29, 1.82) is 0 Å². The second-order valence-electron chi connectivity index (χ2n) is 3.16. The second kappa shape index (κ2) is 11.2. The van der Waals surface area contributed by atoms with Crippen LogP contribution in [0.25, 0.3) is 0 Å². The third-order valence-corrected chi connectivity index (χ3v) is 1.07. The van der Waals surface area contributed by atoms with Crippen LogP contribution in [0.4, 0.5) is 0 Å². The Balaban J connectivity index is 0. The van der Waals surface area contributed by atoms with Crippen molar-refractivity contribution in [2.75, 3.05) is 13.6 Å². The minimum atomic E-state index is -0.703. The van der Waals surface area contributed by atoms with Crippen LogP contribution in [0, 0.1) is 0 Å². The average Bonchev–Trinajstić information content (AvgIpc) is 1.97. The van der Waals surface area contributed by atoms with Gasteiger partial charge in [0.15, 0.2) is 0 Å². The predicted molar refractivity (Wildman–Crippen MR) is 55.9 cm³/mol. The number of rotatable bonds is 5. The van der Waals surface area contributed by atoms with Gasteiger partial charge in [0.1, 0.15) is 0 Å². The molecule has 0 saturated heterocycles. The molecular weight excluding hydrogens is 166 g/mol. The quantitative estimate of drug-likeness (QED) is 0.511. The maximum absolute atomic E-state index is 9.94. The Morgan fingerprint density at radius 1 is 1.38 bits per heavy atom. The van der Waals surface area contributed by atoms with Crippen LogP contribution in [0.2, 0.25) is 0 Å². The number of nitrogens with one attached hydrogen (secondary N) is 1. The summed E-state index contributed by atoms with van der Waals surface area (Å²) in [5.74, 6) is -0.703. The van der Waals surface area contributed by atoms with Crippen LogP contribution in [0.1, 0.15) is 33.1 Å². The van der Waals surface area contributed by atoms with Gasteiger partial charge in [0, 0.05) is 6.42 Å². The van der Waals surface area contributed by atoms with E-state index >= 15 is 0 Å². The highest BCUT2D eigenvalue weighted by Crippen LogP contribution is 1.92. The molecule has 0 heterocycles. The van der Waals surface area contributed by atoms with E-state index in [1.54, 1.807) is 0 Å². The van der Waals surface area contributed by atoms with Crippen LogP contribution in [0.5, 0.6) is 0 Å². The normalized spacial score (nSPS) is 8.54. The molecule has 3 heteroatoms. The van der Waals surface area contributed by atoms with Gasteiger partial charge in [-0.25, -0.2) is 0 Å². The van der Waals surface area contributed by atoms with E-state index in [0.29, 0.717) is 6.42 Å². The first-order valence-corrected chi connectivity index (χ1v) is 4.49. The van der Waals surface area contributed by atoms with Gasteiger partial charge >= 0.3 is 5.97 Å². The number of allylic oxidation sites excluding steroid dienone is 1. The van der Waals surface area contributed by atoms with Gasteiger partial charge in [0.05, 0.1) is 0 Å². The molecule has 3 nitrogen and oxygen atoms in total. The molecule has 0 atom stereocenters. The first kappa shape index (κ1) is 14.7. The summed E-state index contributed by atoms with van der Waals surface area (Å²) in [6.45, 7) is 8.41. The van der Waals surface area contributed by atoms with Gasteiger partial charge in [-0.1, -0.05) is 5.57 Å². The Morgan fingerprint density at radius 2 is 1.85 bits per heavy atom. The molecule has 0 fully saturated rings. The van der Waals surface area contributed by atoms with Gasteiger partial charge in [0.25, 0.3) is 0 Å². The van der Waals surface area contributed by atoms with Gasteiger partial charge in [0.2, 0.25) is 0 Å². The minimum absolute atomic E-state index is 0.293. The largest absolute Gasteiger partial charge is 0.481 e. The Labute approximate surface area is 80.8 Å². The fraction of sp³-hybridized carbons (Fsp3) is 0.700. The number of carboxylic acid groups (broad SMARTS) is 1. The van der Waals surface area contributed by atoms with Gasteiger partial charge in [-0.05, 0) is 40.3 Å². The highest BCUT2D eigenvalue weighted by atomic mass is 16.4. The summed E-state index contributed by atoms with van der Waals surface area (Å²) in [6, 6.07) is 0. The lowest BCUT2D eigenvalue weighted by Gasteiger charge is -1.94. The molecule has 0 aromatic heterocycles. The molecule has 0 bridgehead atoms. The highest BCUT2D eigenvalue weighted by molar-refractivity contribution is 5.66. The number of unbranched alkanes of at least 4 members (excludes halogenated alkanes) is 1. The van der Waals surface area contributed by atoms with Crippen molar-refractivity contribution in [2.45, 2.75) is 33.1 Å². The molecule has 2 N–H and O–H groups in total. The lowest BCUT2D eigenvalue weighted by atomic mass is 10.2. The molecule has 78 valence electrons. The summed E-state index contributed by atoms with van der Waals surface area (Å²) in [7, 11) is 1.86. The van der Waals surface area contributed by atoms with E-state index in [1.165, 1.54) is 5.57 Å². The van der Waals surface area contributed by atoms with E-state index < -0.39 is 5.97 Å². The van der Waals surface area contributed by atoms with Crippen molar-refractivity contribution in [2.24, 2.45) is 0 Å². The molecule has 13 heavy (non-hydrogen) atoms. The zero-order valence-corrected chi connectivity index (χ0v) is 8.89. The number of carbonyl (C=O) groups is 1. The van der Waals surface area contributed by atoms with E-state index in [0.717, 1.165) is 19.4 Å². The van der Waals surface area contributed by atoms with Crippen molar-refractivity contribution in [3.05, 3.63) is 12.2 Å². The third kappa shape index (κ3) is 35.1. The SMILES string of the molecule is C=C(C)C.CNCCCCC(=O)O. The van der Waals surface area contributed by atoms with Gasteiger partial charge in [-0.15, -0.1) is 6.58 Å². The maximum Gasteiger partial charge on any atom is 0.303 e. The molecule has 0 spiro atoms. The molecule has 0 aromatic carbocycles. The van der Waals surface area contributed by atoms with Crippen LogP contribution >= 0.6 is 0 Å². The van der Waals surface area contributed by atoms with Gasteiger partial charge in [-0.3, -0.25) is 4.79 Å². The lowest BCUT2D eigenvalue weighted by molar-refractivity contribution is -0.137. The third-order valence-electron chi connectivity index (χ3n) is 1.07. The summed E-state index contributed by atoms with van der Waals surface area (Å²) >= 11 is 0. The minimum Gasteiger partial charge on any atom is -0.481 e. The number of aliphatic carboxylic acids is 1. The molecule has 0 aliphatic carbocycles. The molecule has 0 aromatic rings. The average molecular weight is 187 g/mol. The van der Waals surface area contributed by atoms with E-state index in [1.807, 2.05) is 20.9 Å². The number of hydrogen-bond donors (Lipinski definition) is 2. The van der Waals surface area contributed by atoms with E-state index in [-0.39, 0.29) is 0 Å². The second-order valence-corrected chi connectivity index (χ2v) is 3.16. The monoisotopic (exact) mass is 187 g/mol. The fourth-order valence-corrected chi connectivity index (χ4v) is 0.578. The zero-order chi connectivity index (χ0) is 10.7. The Morgan fingerprint density at radius 3 is 2.15 bits per heavy atom. The van der Waals surface area contributed by atoms with Crippen LogP contribution in [-0.2, 0) is 4.79 Å². The van der Waals surface area contributed by atoms with Crippen molar-refractivity contribution in [3.8, 4) is 0 Å². The van der Waals surface area contributed by atoms with Crippen LogP contribution in [0.3, 0.4) is 0 Å². The molecule has 0 rings (SSSR count). The van der Waals surface area contributed by atoms with Gasteiger partial charge < -0.3 is 10.4 Å². The highest BCUT2D eigenvalue weighted by Gasteiger charge is 1.93. The first-order valence-electron chi connectivity index (χ1n) is 4.49. The Bertz CT molecular complexity index is 140. The van der Waals surface area contributed by atoms with Crippen molar-refractivity contribution >= 4 is 5.97 Å². The standard InChI is InChI=1S/C6H13NO2.C4H8/c1-7-5-3-2-4-6(8)9;1-4(2)3/h7H,2-5H2,1H3,(H,8,9);1H2,2-3H3. The lowest BCUT2D eigenvalue weighted by Crippen LogP contribution is -2.07.